The molecule has 0 spiro atoms. The molecule has 0 saturated heterocycles. The number of carbonyl (C=O) groups is 1. The number of pyridine rings is 1. The molecule has 1 aromatic rings. The molecule has 1 atom stereocenters. The smallest absolute Gasteiger partial charge is 0.309 e. The zero-order valence-corrected chi connectivity index (χ0v) is 8.69. The Bertz CT molecular complexity index is 390. The van der Waals surface area contributed by atoms with Crippen molar-refractivity contribution < 1.29 is 9.53 Å². The average molecular weight is 206 g/mol. The molecule has 1 unspecified atom stereocenters. The molecule has 1 aliphatic carbocycles. The number of rotatable bonds is 1. The number of anilines is 1. The molecule has 2 N–H and O–H groups in total. The molecule has 80 valence electrons. The van der Waals surface area contributed by atoms with E-state index in [0.29, 0.717) is 12.1 Å². The van der Waals surface area contributed by atoms with Gasteiger partial charge in [-0.3, -0.25) is 9.78 Å². The first-order valence-electron chi connectivity index (χ1n) is 5.02. The van der Waals surface area contributed by atoms with Crippen LogP contribution in [0.25, 0.3) is 0 Å². The Balaban J connectivity index is 2.22. The summed E-state index contributed by atoms with van der Waals surface area (Å²) in [6, 6.07) is 1.90. The third-order valence-corrected chi connectivity index (χ3v) is 2.81. The van der Waals surface area contributed by atoms with E-state index in [4.69, 9.17) is 10.5 Å². The van der Waals surface area contributed by atoms with Crippen LogP contribution in [0.5, 0.6) is 0 Å². The van der Waals surface area contributed by atoms with Crippen LogP contribution in [0.3, 0.4) is 0 Å². The zero-order valence-electron chi connectivity index (χ0n) is 8.69. The predicted molar refractivity (Wildman–Crippen MR) is 56.2 cm³/mol. The van der Waals surface area contributed by atoms with Crippen LogP contribution in [-0.2, 0) is 22.4 Å². The highest BCUT2D eigenvalue weighted by Gasteiger charge is 2.25. The number of hydrogen-bond donors (Lipinski definition) is 1. The van der Waals surface area contributed by atoms with Crippen molar-refractivity contribution in [1.82, 2.24) is 4.98 Å². The summed E-state index contributed by atoms with van der Waals surface area (Å²) in [5, 5.41) is 0. The summed E-state index contributed by atoms with van der Waals surface area (Å²) in [5.41, 5.74) is 8.45. The van der Waals surface area contributed by atoms with Gasteiger partial charge in [0.25, 0.3) is 0 Å². The molecule has 0 bridgehead atoms. The predicted octanol–water partition coefficient (Wildman–Crippen LogP) is 0.942. The first-order chi connectivity index (χ1) is 7.20. The maximum absolute atomic E-state index is 11.4. The van der Waals surface area contributed by atoms with Gasteiger partial charge in [-0.25, -0.2) is 0 Å². The number of ether oxygens (including phenoxy) is 1. The van der Waals surface area contributed by atoms with Crippen LogP contribution in [0.4, 0.5) is 5.69 Å². The lowest BCUT2D eigenvalue weighted by Crippen LogP contribution is -2.24. The molecule has 4 nitrogen and oxygen atoms in total. The van der Waals surface area contributed by atoms with Crippen molar-refractivity contribution in [2.75, 3.05) is 12.8 Å². The summed E-state index contributed by atoms with van der Waals surface area (Å²) in [5.74, 6) is -0.172. The number of nitrogens with zero attached hydrogens (tertiary/aromatic N) is 1. The molecule has 1 heterocycles. The monoisotopic (exact) mass is 206 g/mol. The second kappa shape index (κ2) is 3.88. The lowest BCUT2D eigenvalue weighted by Gasteiger charge is -2.21. The van der Waals surface area contributed by atoms with E-state index in [9.17, 15) is 4.79 Å². The number of fused-ring (bicyclic) bond motifs is 1. The van der Waals surface area contributed by atoms with Gasteiger partial charge in [-0.2, -0.15) is 0 Å². The van der Waals surface area contributed by atoms with Crippen molar-refractivity contribution >= 4 is 11.7 Å². The van der Waals surface area contributed by atoms with Crippen LogP contribution in [-0.4, -0.2) is 18.1 Å². The number of hydrogen-bond acceptors (Lipinski definition) is 4. The van der Waals surface area contributed by atoms with Gasteiger partial charge >= 0.3 is 5.97 Å². The van der Waals surface area contributed by atoms with Gasteiger partial charge in [0.05, 0.1) is 24.9 Å². The van der Waals surface area contributed by atoms with Crippen molar-refractivity contribution in [3.05, 3.63) is 23.5 Å². The van der Waals surface area contributed by atoms with Gasteiger partial charge < -0.3 is 10.5 Å². The van der Waals surface area contributed by atoms with E-state index in [0.717, 1.165) is 24.1 Å². The molecule has 0 radical (unpaired) electrons. The minimum absolute atomic E-state index is 0.0360. The number of methoxy groups -OCH3 is 1. The lowest BCUT2D eigenvalue weighted by atomic mass is 9.86. The van der Waals surface area contributed by atoms with Gasteiger partial charge in [0.1, 0.15) is 0 Å². The summed E-state index contributed by atoms with van der Waals surface area (Å²) in [4.78, 5) is 15.6. The SMILES string of the molecule is COC(=O)C1CCc2ncc(N)cc2C1. The Labute approximate surface area is 88.4 Å². The van der Waals surface area contributed by atoms with Gasteiger partial charge in [0.15, 0.2) is 0 Å². The van der Waals surface area contributed by atoms with E-state index in [1.165, 1.54) is 7.11 Å². The van der Waals surface area contributed by atoms with Gasteiger partial charge in [-0.05, 0) is 30.9 Å². The van der Waals surface area contributed by atoms with Crippen molar-refractivity contribution in [3.63, 3.8) is 0 Å². The molecule has 0 aliphatic heterocycles. The topological polar surface area (TPSA) is 65.2 Å². The van der Waals surface area contributed by atoms with Crippen molar-refractivity contribution in [2.24, 2.45) is 5.92 Å². The quantitative estimate of drug-likeness (QED) is 0.694. The fraction of sp³-hybridized carbons (Fsp3) is 0.455. The molecule has 15 heavy (non-hydrogen) atoms. The van der Waals surface area contributed by atoms with Gasteiger partial charge in [0.2, 0.25) is 0 Å². The second-order valence-corrected chi connectivity index (χ2v) is 3.84. The highest BCUT2D eigenvalue weighted by molar-refractivity contribution is 5.73. The number of esters is 1. The van der Waals surface area contributed by atoms with E-state index in [2.05, 4.69) is 4.98 Å². The molecule has 0 saturated carbocycles. The molecule has 1 aliphatic rings. The molecule has 0 amide bonds. The fourth-order valence-electron chi connectivity index (χ4n) is 2.01. The van der Waals surface area contributed by atoms with E-state index in [-0.39, 0.29) is 11.9 Å². The molecule has 1 aromatic heterocycles. The van der Waals surface area contributed by atoms with Crippen LogP contribution >= 0.6 is 0 Å². The largest absolute Gasteiger partial charge is 0.469 e. The Morgan fingerprint density at radius 2 is 2.47 bits per heavy atom. The Kier molecular flexibility index (Phi) is 2.58. The third-order valence-electron chi connectivity index (χ3n) is 2.81. The van der Waals surface area contributed by atoms with E-state index < -0.39 is 0 Å². The van der Waals surface area contributed by atoms with Crippen molar-refractivity contribution in [2.45, 2.75) is 19.3 Å². The maximum atomic E-state index is 11.4. The minimum atomic E-state index is -0.136. The maximum Gasteiger partial charge on any atom is 0.309 e. The number of carbonyl (C=O) groups excluding carboxylic acids is 1. The van der Waals surface area contributed by atoms with Gasteiger partial charge in [-0.15, -0.1) is 0 Å². The average Bonchev–Trinajstić information content (AvgIpc) is 2.27. The summed E-state index contributed by atoms with van der Waals surface area (Å²) in [7, 11) is 1.43. The van der Waals surface area contributed by atoms with E-state index >= 15 is 0 Å². The summed E-state index contributed by atoms with van der Waals surface area (Å²) < 4.78 is 4.74. The summed E-state index contributed by atoms with van der Waals surface area (Å²) >= 11 is 0. The molecular formula is C11H14N2O2. The Morgan fingerprint density at radius 1 is 1.67 bits per heavy atom. The zero-order chi connectivity index (χ0) is 10.8. The van der Waals surface area contributed by atoms with Crippen LogP contribution in [0, 0.1) is 5.92 Å². The van der Waals surface area contributed by atoms with Crippen LogP contribution in [0.15, 0.2) is 12.3 Å². The fourth-order valence-corrected chi connectivity index (χ4v) is 2.01. The Hall–Kier alpha value is -1.58. The van der Waals surface area contributed by atoms with Crippen molar-refractivity contribution in [3.8, 4) is 0 Å². The van der Waals surface area contributed by atoms with Crippen LogP contribution < -0.4 is 5.73 Å². The Morgan fingerprint density at radius 3 is 3.20 bits per heavy atom. The molecule has 0 aromatic carbocycles. The first kappa shape index (κ1) is 9.96. The third kappa shape index (κ3) is 1.93. The van der Waals surface area contributed by atoms with E-state index in [1.54, 1.807) is 6.20 Å². The van der Waals surface area contributed by atoms with E-state index in [1.807, 2.05) is 6.07 Å². The summed E-state index contributed by atoms with van der Waals surface area (Å²) in [6.45, 7) is 0. The molecule has 4 heteroatoms. The first-order valence-corrected chi connectivity index (χ1v) is 5.02. The number of aryl methyl sites for hydroxylation is 1. The highest BCUT2D eigenvalue weighted by atomic mass is 16.5. The number of nitrogens with two attached hydrogens (primary N) is 1. The molecule has 0 fully saturated rings. The highest BCUT2D eigenvalue weighted by Crippen LogP contribution is 2.26. The summed E-state index contributed by atoms with van der Waals surface area (Å²) in [6.07, 6.45) is 4.00. The second-order valence-electron chi connectivity index (χ2n) is 3.84. The van der Waals surface area contributed by atoms with Gasteiger partial charge in [-0.1, -0.05) is 0 Å². The number of nitrogen functional groups attached to an aromatic ring is 1. The molecular weight excluding hydrogens is 192 g/mol. The van der Waals surface area contributed by atoms with Gasteiger partial charge in [0, 0.05) is 5.69 Å². The standard InChI is InChI=1S/C11H14N2O2/c1-15-11(14)7-2-3-10-8(4-7)5-9(12)6-13-10/h5-7H,2-4,12H2,1H3. The van der Waals surface area contributed by atoms with Crippen LogP contribution in [0.2, 0.25) is 0 Å². The molecule has 2 rings (SSSR count). The number of aromatic nitrogens is 1. The van der Waals surface area contributed by atoms with Crippen molar-refractivity contribution in [1.29, 1.82) is 0 Å². The minimum Gasteiger partial charge on any atom is -0.469 e. The van der Waals surface area contributed by atoms with Crippen LogP contribution in [0.1, 0.15) is 17.7 Å². The normalized spacial score (nSPS) is 19.4. The lowest BCUT2D eigenvalue weighted by molar-refractivity contribution is -0.145.